The molecule has 0 aromatic heterocycles. The van der Waals surface area contributed by atoms with E-state index >= 15 is 0 Å². The van der Waals surface area contributed by atoms with Crippen LogP contribution in [-0.4, -0.2) is 68.9 Å². The monoisotopic (exact) mass is 265 g/mol. The van der Waals surface area contributed by atoms with Crippen molar-refractivity contribution in [3.05, 3.63) is 0 Å². The predicted octanol–water partition coefficient (Wildman–Crippen LogP) is -0.345. The minimum absolute atomic E-state index is 0. The van der Waals surface area contributed by atoms with Crippen molar-refractivity contribution in [2.24, 2.45) is 0 Å². The molecule has 2 N–H and O–H groups in total. The molecule has 0 bridgehead atoms. The van der Waals surface area contributed by atoms with Crippen LogP contribution in [0.5, 0.6) is 0 Å². The van der Waals surface area contributed by atoms with Crippen LogP contribution in [-0.2, 0) is 14.9 Å². The molecule has 0 aliphatic rings. The van der Waals surface area contributed by atoms with E-state index in [1.165, 1.54) is 0 Å². The van der Waals surface area contributed by atoms with Crippen molar-refractivity contribution in [1.82, 2.24) is 5.32 Å². The fraction of sp³-hybridized carbons (Fsp3) is 0.875. The standard InChI is InChI=1S/C8H17NO4S.Ca.2H/c1-2-3-5-8(10)9-6-4-7-14(11,12)13;;;/h2-7H2,1H3,(H,9,10)(H,11,12,13);;;. The summed E-state index contributed by atoms with van der Waals surface area (Å²) in [4.78, 5) is 11.0. The molecule has 7 heteroatoms. The Kier molecular flexibility index (Phi) is 11.8. The van der Waals surface area contributed by atoms with Gasteiger partial charge in [-0.25, -0.2) is 0 Å². The van der Waals surface area contributed by atoms with Crippen molar-refractivity contribution >= 4 is 53.8 Å². The minimum atomic E-state index is -3.89. The van der Waals surface area contributed by atoms with E-state index in [2.05, 4.69) is 5.32 Å². The van der Waals surface area contributed by atoms with Gasteiger partial charge in [-0.1, -0.05) is 13.3 Å². The summed E-state index contributed by atoms with van der Waals surface area (Å²) in [5, 5.41) is 2.58. The van der Waals surface area contributed by atoms with E-state index in [9.17, 15) is 13.2 Å². The van der Waals surface area contributed by atoms with Crippen LogP contribution in [0.3, 0.4) is 0 Å². The molecule has 0 aliphatic heterocycles. The summed E-state index contributed by atoms with van der Waals surface area (Å²) in [7, 11) is -3.89. The quantitative estimate of drug-likeness (QED) is 0.374. The van der Waals surface area contributed by atoms with Crippen LogP contribution in [0.25, 0.3) is 0 Å². The summed E-state index contributed by atoms with van der Waals surface area (Å²) in [6, 6.07) is 0. The molecule has 0 radical (unpaired) electrons. The topological polar surface area (TPSA) is 83.5 Å². The van der Waals surface area contributed by atoms with Gasteiger partial charge < -0.3 is 5.32 Å². The van der Waals surface area contributed by atoms with Gasteiger partial charge in [0.15, 0.2) is 0 Å². The zero-order valence-corrected chi connectivity index (χ0v) is 9.14. The second-order valence-corrected chi connectivity index (χ2v) is 4.67. The zero-order valence-electron chi connectivity index (χ0n) is 8.32. The first kappa shape index (κ1) is 18.0. The molecule has 0 aromatic rings. The van der Waals surface area contributed by atoms with Gasteiger partial charge in [0.25, 0.3) is 10.1 Å². The number of nitrogens with one attached hydrogen (secondary N) is 1. The van der Waals surface area contributed by atoms with Gasteiger partial charge in [-0.2, -0.15) is 8.42 Å². The molecule has 0 spiro atoms. The number of hydrogen-bond donors (Lipinski definition) is 2. The predicted molar refractivity (Wildman–Crippen MR) is 62.1 cm³/mol. The average molecular weight is 265 g/mol. The molecular weight excluding hydrogens is 246 g/mol. The van der Waals surface area contributed by atoms with Crippen molar-refractivity contribution in [3.8, 4) is 0 Å². The first-order chi connectivity index (χ1) is 6.45. The second-order valence-electron chi connectivity index (χ2n) is 3.09. The Morgan fingerprint density at radius 2 is 1.93 bits per heavy atom. The maximum absolute atomic E-state index is 11.0. The molecule has 15 heavy (non-hydrogen) atoms. The van der Waals surface area contributed by atoms with E-state index in [1.807, 2.05) is 6.92 Å². The zero-order chi connectivity index (χ0) is 11.0. The molecule has 0 aliphatic carbocycles. The SMILES string of the molecule is CCCCC(=O)NCCCS(=O)(=O)O.[CaH2]. The molecule has 1 amide bonds. The van der Waals surface area contributed by atoms with Crippen molar-refractivity contribution < 1.29 is 17.8 Å². The summed E-state index contributed by atoms with van der Waals surface area (Å²) < 4.78 is 29.0. The van der Waals surface area contributed by atoms with Gasteiger partial charge in [-0.05, 0) is 12.8 Å². The van der Waals surface area contributed by atoms with Gasteiger partial charge in [0, 0.05) is 13.0 Å². The molecule has 0 unspecified atom stereocenters. The van der Waals surface area contributed by atoms with Gasteiger partial charge >= 0.3 is 37.7 Å². The Bertz CT molecular complexity index is 266. The van der Waals surface area contributed by atoms with Crippen LogP contribution in [0, 0.1) is 0 Å². The molecule has 5 nitrogen and oxygen atoms in total. The molecule has 0 aromatic carbocycles. The molecule has 0 heterocycles. The molecular formula is C8H19CaNO4S. The third-order valence-electron chi connectivity index (χ3n) is 1.66. The van der Waals surface area contributed by atoms with Gasteiger partial charge in [-0.15, -0.1) is 0 Å². The van der Waals surface area contributed by atoms with Crippen molar-refractivity contribution in [3.63, 3.8) is 0 Å². The first-order valence-corrected chi connectivity index (χ1v) is 6.28. The van der Waals surface area contributed by atoms with Crippen LogP contribution in [0.15, 0.2) is 0 Å². The molecule has 0 saturated heterocycles. The molecule has 0 saturated carbocycles. The van der Waals surface area contributed by atoms with Crippen molar-refractivity contribution in [2.75, 3.05) is 12.3 Å². The van der Waals surface area contributed by atoms with E-state index < -0.39 is 10.1 Å². The Balaban J connectivity index is 0. The average Bonchev–Trinajstić information content (AvgIpc) is 2.07. The van der Waals surface area contributed by atoms with Crippen LogP contribution >= 0.6 is 0 Å². The van der Waals surface area contributed by atoms with E-state index in [0.29, 0.717) is 13.0 Å². The fourth-order valence-corrected chi connectivity index (χ4v) is 1.42. The summed E-state index contributed by atoms with van der Waals surface area (Å²) in [5.74, 6) is -0.372. The van der Waals surface area contributed by atoms with Gasteiger partial charge in [-0.3, -0.25) is 9.35 Å². The summed E-state index contributed by atoms with van der Waals surface area (Å²) in [5.41, 5.74) is 0. The normalized spacial score (nSPS) is 10.5. The van der Waals surface area contributed by atoms with E-state index in [-0.39, 0.29) is 55.8 Å². The fourth-order valence-electron chi connectivity index (χ4n) is 0.908. The van der Waals surface area contributed by atoms with Crippen molar-refractivity contribution in [1.29, 1.82) is 0 Å². The van der Waals surface area contributed by atoms with E-state index in [1.54, 1.807) is 0 Å². The van der Waals surface area contributed by atoms with Crippen LogP contribution in [0.4, 0.5) is 0 Å². The molecule has 0 rings (SSSR count). The van der Waals surface area contributed by atoms with Gasteiger partial charge in [0.1, 0.15) is 0 Å². The number of carbonyl (C=O) groups excluding carboxylic acids is 1. The van der Waals surface area contributed by atoms with Gasteiger partial charge in [0.05, 0.1) is 5.75 Å². The Labute approximate surface area is 121 Å². The van der Waals surface area contributed by atoms with Crippen molar-refractivity contribution in [2.45, 2.75) is 32.6 Å². The van der Waals surface area contributed by atoms with Crippen LogP contribution < -0.4 is 5.32 Å². The molecule has 0 atom stereocenters. The third kappa shape index (κ3) is 14.6. The summed E-state index contributed by atoms with van der Waals surface area (Å²) in [6.07, 6.45) is 2.52. The summed E-state index contributed by atoms with van der Waals surface area (Å²) >= 11 is 0. The molecule has 88 valence electrons. The molecule has 0 fully saturated rings. The number of hydrogen-bond acceptors (Lipinski definition) is 3. The number of carbonyl (C=O) groups is 1. The Morgan fingerprint density at radius 1 is 1.33 bits per heavy atom. The first-order valence-electron chi connectivity index (χ1n) is 4.67. The Morgan fingerprint density at radius 3 is 2.40 bits per heavy atom. The van der Waals surface area contributed by atoms with E-state index in [4.69, 9.17) is 4.55 Å². The maximum atomic E-state index is 11.0. The number of amides is 1. The number of rotatable bonds is 7. The number of unbranched alkanes of at least 4 members (excludes halogenated alkanes) is 1. The van der Waals surface area contributed by atoms with Crippen LogP contribution in [0.1, 0.15) is 32.6 Å². The second kappa shape index (κ2) is 9.84. The van der Waals surface area contributed by atoms with E-state index in [0.717, 1.165) is 12.8 Å². The van der Waals surface area contributed by atoms with Crippen LogP contribution in [0.2, 0.25) is 0 Å². The third-order valence-corrected chi connectivity index (χ3v) is 2.46. The summed E-state index contributed by atoms with van der Waals surface area (Å²) in [6.45, 7) is 2.29. The van der Waals surface area contributed by atoms with Gasteiger partial charge in [0.2, 0.25) is 5.91 Å². The Hall–Kier alpha value is 0.640.